The predicted octanol–water partition coefficient (Wildman–Crippen LogP) is 5.29. The van der Waals surface area contributed by atoms with Gasteiger partial charge in [0.15, 0.2) is 0 Å². The van der Waals surface area contributed by atoms with E-state index in [1.807, 2.05) is 30.3 Å². The van der Waals surface area contributed by atoms with Gasteiger partial charge in [0, 0.05) is 22.4 Å². The van der Waals surface area contributed by atoms with E-state index in [0.29, 0.717) is 0 Å². The molecule has 0 aromatic heterocycles. The van der Waals surface area contributed by atoms with Crippen molar-refractivity contribution >= 4 is 12.6 Å². The first kappa shape index (κ1) is 16.1. The van der Waals surface area contributed by atoms with Gasteiger partial charge in [-0.3, -0.25) is 4.57 Å². The van der Waals surface area contributed by atoms with Crippen LogP contribution in [0.4, 0.5) is 0 Å². The van der Waals surface area contributed by atoms with E-state index < -0.39 is 7.29 Å². The van der Waals surface area contributed by atoms with E-state index in [-0.39, 0.29) is 5.54 Å². The summed E-state index contributed by atoms with van der Waals surface area (Å²) in [6.07, 6.45) is 6.03. The zero-order valence-electron chi connectivity index (χ0n) is 13.8. The molecule has 1 aliphatic rings. The van der Waals surface area contributed by atoms with E-state index in [9.17, 15) is 4.57 Å². The zero-order chi connectivity index (χ0) is 15.7. The van der Waals surface area contributed by atoms with Gasteiger partial charge in [-0.2, -0.15) is 0 Å². The molecule has 0 aliphatic carbocycles. The lowest BCUT2D eigenvalue weighted by atomic mass is 10.1. The van der Waals surface area contributed by atoms with Crippen LogP contribution in [-0.2, 0) is 4.57 Å². The third-order valence-corrected chi connectivity index (χ3v) is 7.44. The van der Waals surface area contributed by atoms with Crippen molar-refractivity contribution in [3.05, 3.63) is 53.5 Å². The molecule has 1 aromatic rings. The molecule has 114 valence electrons. The van der Waals surface area contributed by atoms with Crippen LogP contribution in [0.1, 0.15) is 47.5 Å². The minimum atomic E-state index is -2.74. The molecule has 21 heavy (non-hydrogen) atoms. The highest BCUT2D eigenvalue weighted by molar-refractivity contribution is 7.73. The topological polar surface area (TPSA) is 20.3 Å². The first-order valence-electron chi connectivity index (χ1n) is 7.71. The highest BCUT2D eigenvalue weighted by atomic mass is 31.2. The molecule has 0 saturated heterocycles. The zero-order valence-corrected chi connectivity index (χ0v) is 14.7. The number of nitrogens with zero attached hydrogens (tertiary/aromatic N) is 1. The summed E-state index contributed by atoms with van der Waals surface area (Å²) in [4.78, 5) is 0. The molecule has 1 aliphatic heterocycles. The normalized spacial score (nSPS) is 22.8. The van der Waals surface area contributed by atoms with E-state index in [1.54, 1.807) is 0 Å². The number of hydrogen-bond donors (Lipinski definition) is 0. The fourth-order valence-corrected chi connectivity index (χ4v) is 6.12. The second-order valence-corrected chi connectivity index (χ2v) is 9.15. The second-order valence-electron chi connectivity index (χ2n) is 6.47. The molecule has 0 spiro atoms. The molecule has 2 nitrogen and oxygen atoms in total. The average molecular weight is 303 g/mol. The van der Waals surface area contributed by atoms with Crippen molar-refractivity contribution < 1.29 is 4.57 Å². The molecule has 1 unspecified atom stereocenters. The Kier molecular flexibility index (Phi) is 4.49. The van der Waals surface area contributed by atoms with Crippen molar-refractivity contribution in [1.29, 1.82) is 0 Å². The lowest BCUT2D eigenvalue weighted by Gasteiger charge is -2.44. The van der Waals surface area contributed by atoms with E-state index >= 15 is 0 Å². The highest BCUT2D eigenvalue weighted by Gasteiger charge is 2.41. The largest absolute Gasteiger partial charge is 0.317 e. The molecule has 1 heterocycles. The highest BCUT2D eigenvalue weighted by Crippen LogP contribution is 2.62. The van der Waals surface area contributed by atoms with E-state index in [2.05, 4.69) is 51.6 Å². The first-order valence-corrected chi connectivity index (χ1v) is 9.37. The van der Waals surface area contributed by atoms with Crippen LogP contribution in [-0.4, -0.2) is 10.2 Å². The maximum atomic E-state index is 14.0. The van der Waals surface area contributed by atoms with Crippen molar-refractivity contribution in [3.8, 4) is 0 Å². The summed E-state index contributed by atoms with van der Waals surface area (Å²) >= 11 is 0. The Morgan fingerprint density at radius 1 is 1.05 bits per heavy atom. The smallest absolute Gasteiger partial charge is 0.225 e. The van der Waals surface area contributed by atoms with Gasteiger partial charge in [-0.25, -0.2) is 0 Å². The summed E-state index contributed by atoms with van der Waals surface area (Å²) in [6, 6.07) is 9.91. The van der Waals surface area contributed by atoms with Gasteiger partial charge in [-0.05, 0) is 57.4 Å². The summed E-state index contributed by atoms with van der Waals surface area (Å²) in [5, 5.41) is 1.99. The summed E-state index contributed by atoms with van der Waals surface area (Å²) in [6.45, 7) is 10.6. The molecule has 0 saturated carbocycles. The van der Waals surface area contributed by atoms with Gasteiger partial charge in [-0.15, -0.1) is 0 Å². The van der Waals surface area contributed by atoms with Crippen LogP contribution in [0.2, 0.25) is 0 Å². The quantitative estimate of drug-likeness (QED) is 0.707. The minimum absolute atomic E-state index is 0.180. The van der Waals surface area contributed by atoms with Crippen molar-refractivity contribution in [2.24, 2.45) is 0 Å². The number of rotatable bonds is 3. The molecule has 0 N–H and O–H groups in total. The molecular formula is C18H26NOP. The van der Waals surface area contributed by atoms with Crippen LogP contribution in [0.3, 0.4) is 0 Å². The molecule has 0 radical (unpaired) electrons. The van der Waals surface area contributed by atoms with Gasteiger partial charge in [-0.1, -0.05) is 32.0 Å². The lowest BCUT2D eigenvalue weighted by molar-refractivity contribution is 0.319. The van der Waals surface area contributed by atoms with Crippen LogP contribution >= 0.6 is 7.29 Å². The van der Waals surface area contributed by atoms with Crippen molar-refractivity contribution in [2.45, 2.75) is 53.0 Å². The Hall–Kier alpha value is -1.27. The van der Waals surface area contributed by atoms with Crippen LogP contribution in [0.25, 0.3) is 0 Å². The lowest BCUT2D eigenvalue weighted by Crippen LogP contribution is -2.39. The summed E-state index contributed by atoms with van der Waals surface area (Å²) < 4.78 is 16.2. The van der Waals surface area contributed by atoms with Gasteiger partial charge in [0.1, 0.15) is 0 Å². The molecule has 1 aromatic carbocycles. The van der Waals surface area contributed by atoms with E-state index in [0.717, 1.165) is 23.5 Å². The molecule has 0 bridgehead atoms. The van der Waals surface area contributed by atoms with Gasteiger partial charge in [0.2, 0.25) is 7.29 Å². The second kappa shape index (κ2) is 5.85. The minimum Gasteiger partial charge on any atom is -0.317 e. The first-order chi connectivity index (χ1) is 9.83. The van der Waals surface area contributed by atoms with Crippen LogP contribution in [0.5, 0.6) is 0 Å². The molecule has 3 heteroatoms. The van der Waals surface area contributed by atoms with Crippen LogP contribution in [0.15, 0.2) is 53.5 Å². The van der Waals surface area contributed by atoms with Gasteiger partial charge < -0.3 is 4.67 Å². The Bertz CT molecular complexity index is 608. The Morgan fingerprint density at radius 2 is 1.67 bits per heavy atom. The van der Waals surface area contributed by atoms with Crippen LogP contribution in [0, 0.1) is 0 Å². The average Bonchev–Trinajstić information content (AvgIpc) is 2.47. The third-order valence-electron chi connectivity index (χ3n) is 3.90. The Balaban J connectivity index is 2.68. The number of hydrogen-bond acceptors (Lipinski definition) is 1. The predicted molar refractivity (Wildman–Crippen MR) is 92.0 cm³/mol. The van der Waals surface area contributed by atoms with Gasteiger partial charge >= 0.3 is 0 Å². The molecule has 2 rings (SSSR count). The fourth-order valence-electron chi connectivity index (χ4n) is 2.76. The molecule has 1 atom stereocenters. The number of allylic oxidation sites excluding steroid dienone is 3. The van der Waals surface area contributed by atoms with E-state index in [4.69, 9.17) is 0 Å². The maximum Gasteiger partial charge on any atom is 0.225 e. The monoisotopic (exact) mass is 303 g/mol. The summed E-state index contributed by atoms with van der Waals surface area (Å²) in [5.41, 5.74) is 1.07. The van der Waals surface area contributed by atoms with Gasteiger partial charge in [0.25, 0.3) is 0 Å². The van der Waals surface area contributed by atoms with Crippen molar-refractivity contribution in [1.82, 2.24) is 4.67 Å². The third kappa shape index (κ3) is 2.87. The Labute approximate surface area is 129 Å². The Morgan fingerprint density at radius 3 is 2.14 bits per heavy atom. The standard InChI is InChI=1S/C18H26NOP/c1-6-15-13-16(7-2)21(20,17-11-9-8-10-12-17)19(14-15)18(3,4)5/h8-14H,6-7H2,1-5H3. The fraction of sp³-hybridized carbons (Fsp3) is 0.444. The maximum absolute atomic E-state index is 14.0. The summed E-state index contributed by atoms with van der Waals surface area (Å²) in [5.74, 6) is 0. The SMILES string of the molecule is CCC1=CN(C(C)(C)C)P(=O)(c2ccccc2)C(CC)=C1. The van der Waals surface area contributed by atoms with Crippen molar-refractivity contribution in [2.75, 3.05) is 0 Å². The van der Waals surface area contributed by atoms with Crippen molar-refractivity contribution in [3.63, 3.8) is 0 Å². The van der Waals surface area contributed by atoms with Gasteiger partial charge in [0.05, 0.1) is 0 Å². The van der Waals surface area contributed by atoms with Crippen LogP contribution < -0.4 is 5.30 Å². The summed E-state index contributed by atoms with van der Waals surface area (Å²) in [7, 11) is -2.74. The molecular weight excluding hydrogens is 277 g/mol. The molecule has 0 fully saturated rings. The number of benzene rings is 1. The molecule has 0 amide bonds. The van der Waals surface area contributed by atoms with E-state index in [1.165, 1.54) is 5.57 Å².